The average Bonchev–Trinajstić information content (AvgIpc) is 3.09. The van der Waals surface area contributed by atoms with Crippen molar-refractivity contribution in [3.8, 4) is 11.1 Å². The molecule has 4 heterocycles. The van der Waals surface area contributed by atoms with E-state index in [2.05, 4.69) is 35.3 Å². The number of nitrogens with zero attached hydrogens (tertiary/aromatic N) is 2. The zero-order valence-corrected chi connectivity index (χ0v) is 17.2. The lowest BCUT2D eigenvalue weighted by Crippen LogP contribution is -2.44. The van der Waals surface area contributed by atoms with Gasteiger partial charge in [-0.1, -0.05) is 23.7 Å². The second-order valence-electron chi connectivity index (χ2n) is 8.84. The maximum atomic E-state index is 12.8. The molecule has 2 bridgehead atoms. The van der Waals surface area contributed by atoms with Crippen LogP contribution in [0.15, 0.2) is 35.1 Å². The van der Waals surface area contributed by atoms with Gasteiger partial charge in [-0.15, -0.1) is 0 Å². The molecular weight excluding hydrogens is 370 g/mol. The number of rotatable bonds is 3. The smallest absolute Gasteiger partial charge is 0.251 e. The Bertz CT molecular complexity index is 953. The number of benzene rings is 1. The van der Waals surface area contributed by atoms with Crippen LogP contribution in [0.1, 0.15) is 43.4 Å². The molecule has 4 nitrogen and oxygen atoms in total. The van der Waals surface area contributed by atoms with Gasteiger partial charge in [-0.05, 0) is 74.0 Å². The van der Waals surface area contributed by atoms with Gasteiger partial charge < -0.3 is 9.88 Å². The van der Waals surface area contributed by atoms with Gasteiger partial charge in [0, 0.05) is 48.4 Å². The SMILES string of the molecule is C[C@@H]1CCCN1Cc1ccc(-c2cc3n(c(=O)c2)C[C@@H]2CNC[C@H]3C2)cc1Cl. The van der Waals surface area contributed by atoms with Gasteiger partial charge in [0.1, 0.15) is 0 Å². The summed E-state index contributed by atoms with van der Waals surface area (Å²) in [6, 6.07) is 10.9. The first-order chi connectivity index (χ1) is 13.6. The fraction of sp³-hybridized carbons (Fsp3) is 0.522. The topological polar surface area (TPSA) is 37.3 Å². The summed E-state index contributed by atoms with van der Waals surface area (Å²) in [5, 5.41) is 4.32. The molecule has 0 spiro atoms. The second kappa shape index (κ2) is 7.33. The molecule has 5 rings (SSSR count). The molecule has 3 aliphatic heterocycles. The van der Waals surface area contributed by atoms with Crippen LogP contribution in [-0.2, 0) is 13.1 Å². The van der Waals surface area contributed by atoms with Crippen molar-refractivity contribution < 1.29 is 0 Å². The molecule has 0 amide bonds. The maximum Gasteiger partial charge on any atom is 0.251 e. The van der Waals surface area contributed by atoms with E-state index < -0.39 is 0 Å². The third kappa shape index (κ3) is 3.32. The standard InChI is InChI=1S/C23H28ClN3O/c1-15-3-2-6-26(15)14-18-5-4-17(8-21(18)24)19-9-22-20-7-16(11-25-12-20)13-27(22)23(28)10-19/h4-5,8-10,15-16,20,25H,2-3,6-7,11-14H2,1H3/t15-,16+,20-/m1/s1. The molecule has 0 aliphatic carbocycles. The van der Waals surface area contributed by atoms with E-state index in [4.69, 9.17) is 11.6 Å². The lowest BCUT2D eigenvalue weighted by Gasteiger charge is -2.37. The third-order valence-electron chi connectivity index (χ3n) is 6.91. The van der Waals surface area contributed by atoms with Gasteiger partial charge in [0.15, 0.2) is 0 Å². The number of halogens is 1. The van der Waals surface area contributed by atoms with Crippen LogP contribution in [-0.4, -0.2) is 35.1 Å². The summed E-state index contributed by atoms with van der Waals surface area (Å²) in [4.78, 5) is 15.3. The van der Waals surface area contributed by atoms with Crippen molar-refractivity contribution in [2.45, 2.75) is 51.2 Å². The average molecular weight is 398 g/mol. The number of fused-ring (bicyclic) bond motifs is 4. The summed E-state index contributed by atoms with van der Waals surface area (Å²) in [5.41, 5.74) is 4.50. The Morgan fingerprint density at radius 1 is 1.18 bits per heavy atom. The Labute approximate surface area is 171 Å². The van der Waals surface area contributed by atoms with Crippen molar-refractivity contribution in [1.29, 1.82) is 0 Å². The van der Waals surface area contributed by atoms with Gasteiger partial charge in [-0.2, -0.15) is 0 Å². The largest absolute Gasteiger partial charge is 0.316 e. The van der Waals surface area contributed by atoms with Crippen molar-refractivity contribution in [3.63, 3.8) is 0 Å². The Balaban J connectivity index is 1.46. The Kier molecular flexibility index (Phi) is 4.82. The number of aromatic nitrogens is 1. The van der Waals surface area contributed by atoms with Crippen LogP contribution in [0.2, 0.25) is 5.02 Å². The highest BCUT2D eigenvalue weighted by Crippen LogP contribution is 2.34. The van der Waals surface area contributed by atoms with Crippen molar-refractivity contribution in [2.24, 2.45) is 5.92 Å². The number of hydrogen-bond donors (Lipinski definition) is 1. The molecule has 0 unspecified atom stereocenters. The molecule has 2 aromatic rings. The normalized spacial score (nSPS) is 27.0. The van der Waals surface area contributed by atoms with E-state index in [0.29, 0.717) is 17.9 Å². The summed E-state index contributed by atoms with van der Waals surface area (Å²) in [5.74, 6) is 1.02. The molecule has 1 aromatic heterocycles. The van der Waals surface area contributed by atoms with Crippen LogP contribution in [0, 0.1) is 5.92 Å². The second-order valence-corrected chi connectivity index (χ2v) is 9.25. The molecule has 0 saturated carbocycles. The van der Waals surface area contributed by atoms with Crippen molar-refractivity contribution in [1.82, 2.24) is 14.8 Å². The third-order valence-corrected chi connectivity index (χ3v) is 7.26. The molecule has 0 radical (unpaired) electrons. The first-order valence-corrected chi connectivity index (χ1v) is 10.9. The summed E-state index contributed by atoms with van der Waals surface area (Å²) in [6.07, 6.45) is 3.72. The number of piperidine rings is 1. The quantitative estimate of drug-likeness (QED) is 0.854. The summed E-state index contributed by atoms with van der Waals surface area (Å²) in [7, 11) is 0. The first kappa shape index (κ1) is 18.4. The Morgan fingerprint density at radius 2 is 2.07 bits per heavy atom. The number of likely N-dealkylation sites (tertiary alicyclic amines) is 1. The monoisotopic (exact) mass is 397 g/mol. The van der Waals surface area contributed by atoms with Crippen molar-refractivity contribution in [2.75, 3.05) is 19.6 Å². The van der Waals surface area contributed by atoms with Crippen LogP contribution < -0.4 is 10.9 Å². The van der Waals surface area contributed by atoms with E-state index in [-0.39, 0.29) is 5.56 Å². The highest BCUT2D eigenvalue weighted by Gasteiger charge is 2.31. The van der Waals surface area contributed by atoms with Crippen molar-refractivity contribution >= 4 is 11.6 Å². The number of pyridine rings is 1. The van der Waals surface area contributed by atoms with E-state index in [1.54, 1.807) is 6.07 Å². The van der Waals surface area contributed by atoms with Crippen LogP contribution in [0.3, 0.4) is 0 Å². The highest BCUT2D eigenvalue weighted by atomic mass is 35.5. The molecule has 1 aromatic carbocycles. The predicted molar refractivity (Wildman–Crippen MR) is 114 cm³/mol. The van der Waals surface area contributed by atoms with Gasteiger partial charge in [-0.3, -0.25) is 9.69 Å². The van der Waals surface area contributed by atoms with Gasteiger partial charge in [0.05, 0.1) is 0 Å². The number of hydrogen-bond acceptors (Lipinski definition) is 3. The first-order valence-electron chi connectivity index (χ1n) is 10.6. The molecule has 148 valence electrons. The molecule has 1 N–H and O–H groups in total. The minimum Gasteiger partial charge on any atom is -0.316 e. The van der Waals surface area contributed by atoms with Gasteiger partial charge in [0.25, 0.3) is 5.56 Å². The molecule has 2 fully saturated rings. The molecular formula is C23H28ClN3O. The molecule has 5 heteroatoms. The van der Waals surface area contributed by atoms with Gasteiger partial charge in [0.2, 0.25) is 0 Å². The lowest BCUT2D eigenvalue weighted by atomic mass is 9.83. The van der Waals surface area contributed by atoms with E-state index >= 15 is 0 Å². The molecule has 3 aliphatic rings. The van der Waals surface area contributed by atoms with Crippen molar-refractivity contribution in [3.05, 3.63) is 57.0 Å². The summed E-state index contributed by atoms with van der Waals surface area (Å²) < 4.78 is 1.99. The van der Waals surface area contributed by atoms with Crippen LogP contribution >= 0.6 is 11.6 Å². The van der Waals surface area contributed by atoms with E-state index in [0.717, 1.165) is 48.9 Å². The zero-order chi connectivity index (χ0) is 19.3. The van der Waals surface area contributed by atoms with E-state index in [1.165, 1.54) is 30.5 Å². The minimum absolute atomic E-state index is 0.121. The van der Waals surface area contributed by atoms with Gasteiger partial charge in [-0.25, -0.2) is 0 Å². The van der Waals surface area contributed by atoms with Gasteiger partial charge >= 0.3 is 0 Å². The molecule has 2 saturated heterocycles. The minimum atomic E-state index is 0.121. The van der Waals surface area contributed by atoms with Crippen LogP contribution in [0.4, 0.5) is 0 Å². The van der Waals surface area contributed by atoms with E-state index in [1.807, 2.05) is 10.6 Å². The number of nitrogens with one attached hydrogen (secondary N) is 1. The summed E-state index contributed by atoms with van der Waals surface area (Å²) >= 11 is 6.65. The Morgan fingerprint density at radius 3 is 2.86 bits per heavy atom. The zero-order valence-electron chi connectivity index (χ0n) is 16.5. The lowest BCUT2D eigenvalue weighted by molar-refractivity contribution is 0.257. The van der Waals surface area contributed by atoms with Crippen LogP contribution in [0.25, 0.3) is 11.1 Å². The molecule has 3 atom stereocenters. The van der Waals surface area contributed by atoms with E-state index in [9.17, 15) is 4.79 Å². The summed E-state index contributed by atoms with van der Waals surface area (Å²) in [6.45, 7) is 7.18. The fourth-order valence-corrected chi connectivity index (χ4v) is 5.51. The Hall–Kier alpha value is -1.62. The fourth-order valence-electron chi connectivity index (χ4n) is 5.27. The predicted octanol–water partition coefficient (Wildman–Crippen LogP) is 3.86. The maximum absolute atomic E-state index is 12.8. The highest BCUT2D eigenvalue weighted by molar-refractivity contribution is 6.31. The molecule has 28 heavy (non-hydrogen) atoms. The van der Waals surface area contributed by atoms with Crippen LogP contribution in [0.5, 0.6) is 0 Å².